The molecule has 1 fully saturated rings. The first-order valence-electron chi connectivity index (χ1n) is 10.9. The molecular weight excluding hydrogens is 395 g/mol. The highest BCUT2D eigenvalue weighted by Crippen LogP contribution is 2.23. The zero-order valence-corrected chi connectivity index (χ0v) is 18.3. The van der Waals surface area contributed by atoms with Gasteiger partial charge in [-0.25, -0.2) is 4.39 Å². The number of carbonyl (C=O) groups is 2. The Morgan fingerprint density at radius 2 is 1.87 bits per heavy atom. The highest BCUT2D eigenvalue weighted by Gasteiger charge is 2.24. The van der Waals surface area contributed by atoms with Crippen molar-refractivity contribution in [2.45, 2.75) is 45.1 Å². The maximum atomic E-state index is 13.3. The van der Waals surface area contributed by atoms with Crippen molar-refractivity contribution < 1.29 is 18.7 Å². The topological polar surface area (TPSA) is 58.6 Å². The maximum Gasteiger partial charge on any atom is 0.222 e. The van der Waals surface area contributed by atoms with Crippen molar-refractivity contribution in [2.75, 3.05) is 20.2 Å². The van der Waals surface area contributed by atoms with Gasteiger partial charge in [-0.15, -0.1) is 0 Å². The van der Waals surface area contributed by atoms with E-state index in [1.165, 1.54) is 12.1 Å². The predicted octanol–water partition coefficient (Wildman–Crippen LogP) is 4.27. The molecule has 0 bridgehead atoms. The Balaban J connectivity index is 1.38. The Bertz CT molecular complexity index is 877. The molecule has 1 saturated heterocycles. The van der Waals surface area contributed by atoms with Gasteiger partial charge in [0.15, 0.2) is 0 Å². The van der Waals surface area contributed by atoms with E-state index in [1.54, 1.807) is 13.2 Å². The fraction of sp³-hybridized carbons (Fsp3) is 0.440. The monoisotopic (exact) mass is 426 g/mol. The van der Waals surface area contributed by atoms with Gasteiger partial charge >= 0.3 is 0 Å². The zero-order chi connectivity index (χ0) is 22.2. The van der Waals surface area contributed by atoms with E-state index in [-0.39, 0.29) is 29.6 Å². The number of nitrogens with zero attached hydrogens (tertiary/aromatic N) is 1. The van der Waals surface area contributed by atoms with Crippen LogP contribution >= 0.6 is 0 Å². The fourth-order valence-electron chi connectivity index (χ4n) is 4.03. The lowest BCUT2D eigenvalue weighted by Gasteiger charge is -2.32. The molecule has 2 amide bonds. The van der Waals surface area contributed by atoms with Crippen molar-refractivity contribution in [2.24, 2.45) is 5.92 Å². The van der Waals surface area contributed by atoms with Gasteiger partial charge in [-0.05, 0) is 67.5 Å². The Morgan fingerprint density at radius 3 is 2.52 bits per heavy atom. The summed E-state index contributed by atoms with van der Waals surface area (Å²) in [6.45, 7) is 3.32. The molecule has 0 saturated carbocycles. The summed E-state index contributed by atoms with van der Waals surface area (Å²) in [4.78, 5) is 26.8. The molecule has 1 atom stereocenters. The van der Waals surface area contributed by atoms with Crippen molar-refractivity contribution in [1.29, 1.82) is 0 Å². The van der Waals surface area contributed by atoms with Gasteiger partial charge in [0, 0.05) is 25.9 Å². The molecule has 6 heteroatoms. The summed E-state index contributed by atoms with van der Waals surface area (Å²) in [6, 6.07) is 14.0. The highest BCUT2D eigenvalue weighted by molar-refractivity contribution is 5.77. The van der Waals surface area contributed by atoms with Crippen LogP contribution in [0.15, 0.2) is 48.5 Å². The van der Waals surface area contributed by atoms with Crippen molar-refractivity contribution in [1.82, 2.24) is 10.2 Å². The third kappa shape index (κ3) is 6.81. The van der Waals surface area contributed by atoms with E-state index in [0.717, 1.165) is 29.7 Å². The highest BCUT2D eigenvalue weighted by atomic mass is 19.1. The van der Waals surface area contributed by atoms with Gasteiger partial charge in [0.2, 0.25) is 11.8 Å². The van der Waals surface area contributed by atoms with Crippen LogP contribution in [-0.4, -0.2) is 36.9 Å². The Kier molecular flexibility index (Phi) is 8.04. The minimum absolute atomic E-state index is 0.0409. The van der Waals surface area contributed by atoms with E-state index < -0.39 is 0 Å². The molecule has 5 nitrogen and oxygen atoms in total. The smallest absolute Gasteiger partial charge is 0.222 e. The van der Waals surface area contributed by atoms with Crippen LogP contribution in [-0.2, 0) is 16.0 Å². The molecule has 1 aliphatic heterocycles. The summed E-state index contributed by atoms with van der Waals surface area (Å²) in [5, 5.41) is 3.07. The van der Waals surface area contributed by atoms with Crippen molar-refractivity contribution in [3.05, 3.63) is 65.5 Å². The second-order valence-corrected chi connectivity index (χ2v) is 8.22. The molecule has 0 unspecified atom stereocenters. The largest absolute Gasteiger partial charge is 0.497 e. The maximum absolute atomic E-state index is 13.3. The van der Waals surface area contributed by atoms with Crippen LogP contribution in [0.5, 0.6) is 5.75 Å². The van der Waals surface area contributed by atoms with Gasteiger partial charge in [0.1, 0.15) is 11.6 Å². The van der Waals surface area contributed by atoms with Crippen LogP contribution in [0.2, 0.25) is 0 Å². The number of halogens is 1. The van der Waals surface area contributed by atoms with Crippen LogP contribution in [0.4, 0.5) is 4.39 Å². The lowest BCUT2D eigenvalue weighted by Crippen LogP contribution is -2.40. The number of amides is 2. The summed E-state index contributed by atoms with van der Waals surface area (Å²) >= 11 is 0. The molecule has 31 heavy (non-hydrogen) atoms. The molecular formula is C25H31FN2O3. The van der Waals surface area contributed by atoms with Crippen molar-refractivity contribution in [3.8, 4) is 5.75 Å². The third-order valence-electron chi connectivity index (χ3n) is 5.95. The zero-order valence-electron chi connectivity index (χ0n) is 18.3. The normalized spacial score (nSPS) is 15.4. The van der Waals surface area contributed by atoms with E-state index in [2.05, 4.69) is 5.32 Å². The number of likely N-dealkylation sites (tertiary alicyclic amines) is 1. The summed E-state index contributed by atoms with van der Waals surface area (Å²) in [5.41, 5.74) is 1.87. The van der Waals surface area contributed by atoms with Crippen LogP contribution < -0.4 is 10.1 Å². The van der Waals surface area contributed by atoms with Crippen LogP contribution in [0.25, 0.3) is 0 Å². The van der Waals surface area contributed by atoms with Gasteiger partial charge in [-0.1, -0.05) is 24.3 Å². The molecule has 1 heterocycles. The van der Waals surface area contributed by atoms with E-state index >= 15 is 0 Å². The quantitative estimate of drug-likeness (QED) is 0.686. The Hall–Kier alpha value is -2.89. The number of hydrogen-bond donors (Lipinski definition) is 1. The van der Waals surface area contributed by atoms with E-state index in [0.29, 0.717) is 32.4 Å². The molecule has 0 spiro atoms. The molecule has 0 radical (unpaired) electrons. The Morgan fingerprint density at radius 1 is 1.16 bits per heavy atom. The average Bonchev–Trinajstić information content (AvgIpc) is 2.78. The van der Waals surface area contributed by atoms with Gasteiger partial charge in [-0.2, -0.15) is 0 Å². The molecule has 0 aromatic heterocycles. The molecule has 1 aliphatic rings. The number of hydrogen-bond acceptors (Lipinski definition) is 3. The van der Waals surface area contributed by atoms with E-state index in [1.807, 2.05) is 42.2 Å². The molecule has 0 aliphatic carbocycles. The minimum atomic E-state index is -0.273. The number of benzene rings is 2. The number of rotatable bonds is 8. The average molecular weight is 427 g/mol. The standard InChI is InChI=1S/C25H31FN2O3/c1-18(21-7-9-23(31-2)10-8-21)27-24(29)17-20-12-14-28(15-13-20)25(30)11-6-19-4-3-5-22(26)16-19/h3-5,7-10,16,18,20H,6,11-15,17H2,1-2H3,(H,27,29)/t18-/m0/s1. The third-order valence-corrected chi connectivity index (χ3v) is 5.95. The van der Waals surface area contributed by atoms with Crippen LogP contribution in [0, 0.1) is 11.7 Å². The Labute approximate surface area is 183 Å². The number of ether oxygens (including phenoxy) is 1. The summed E-state index contributed by atoms with van der Waals surface area (Å²) in [6.07, 6.45) is 3.06. The first-order valence-corrected chi connectivity index (χ1v) is 10.9. The summed E-state index contributed by atoms with van der Waals surface area (Å²) in [5.74, 6) is 0.944. The van der Waals surface area contributed by atoms with Crippen LogP contribution in [0.1, 0.15) is 49.8 Å². The number of piperidine rings is 1. The van der Waals surface area contributed by atoms with E-state index in [9.17, 15) is 14.0 Å². The van der Waals surface area contributed by atoms with Crippen LogP contribution in [0.3, 0.4) is 0 Å². The second kappa shape index (κ2) is 10.9. The number of nitrogens with one attached hydrogen (secondary N) is 1. The van der Waals surface area contributed by atoms with Gasteiger partial charge in [0.25, 0.3) is 0 Å². The number of methoxy groups -OCH3 is 1. The SMILES string of the molecule is COc1ccc([C@H](C)NC(=O)CC2CCN(C(=O)CCc3cccc(F)c3)CC2)cc1. The molecule has 2 aromatic rings. The van der Waals surface area contributed by atoms with Gasteiger partial charge in [-0.3, -0.25) is 9.59 Å². The lowest BCUT2D eigenvalue weighted by atomic mass is 9.92. The minimum Gasteiger partial charge on any atom is -0.497 e. The molecule has 166 valence electrons. The predicted molar refractivity (Wildman–Crippen MR) is 118 cm³/mol. The summed E-state index contributed by atoms with van der Waals surface area (Å²) in [7, 11) is 1.63. The first kappa shape index (κ1) is 22.8. The van der Waals surface area contributed by atoms with Crippen molar-refractivity contribution in [3.63, 3.8) is 0 Å². The fourth-order valence-corrected chi connectivity index (χ4v) is 4.03. The second-order valence-electron chi connectivity index (χ2n) is 8.22. The molecule has 1 N–H and O–H groups in total. The van der Waals surface area contributed by atoms with E-state index in [4.69, 9.17) is 4.74 Å². The van der Waals surface area contributed by atoms with Gasteiger partial charge < -0.3 is 15.0 Å². The van der Waals surface area contributed by atoms with Crippen molar-refractivity contribution >= 4 is 11.8 Å². The number of carbonyl (C=O) groups excluding carboxylic acids is 2. The number of aryl methyl sites for hydroxylation is 1. The molecule has 2 aromatic carbocycles. The van der Waals surface area contributed by atoms with Gasteiger partial charge in [0.05, 0.1) is 13.2 Å². The summed E-state index contributed by atoms with van der Waals surface area (Å²) < 4.78 is 18.4. The first-order chi connectivity index (χ1) is 14.9. The molecule has 3 rings (SSSR count). The lowest BCUT2D eigenvalue weighted by molar-refractivity contribution is -0.132.